The number of ether oxygens (including phenoxy) is 1. The number of benzene rings is 1. The van der Waals surface area contributed by atoms with Crippen LogP contribution in [-0.2, 0) is 45.9 Å². The minimum Gasteiger partial charge on any atom is -0.458 e. The molecule has 1 aliphatic carbocycles. The third-order valence-corrected chi connectivity index (χ3v) is 7.71. The van der Waals surface area contributed by atoms with Gasteiger partial charge in [0, 0.05) is 22.6 Å². The highest BCUT2D eigenvalue weighted by Crippen LogP contribution is 2.43. The minimum atomic E-state index is -1.95. The number of nitrogens with one attached hydrogen (secondary N) is 1. The molecule has 0 spiro atoms. The van der Waals surface area contributed by atoms with Gasteiger partial charge in [0.05, 0.1) is 23.5 Å². The van der Waals surface area contributed by atoms with Crippen LogP contribution in [0, 0.1) is 12.7 Å². The first-order valence-corrected chi connectivity index (χ1v) is 11.9. The lowest BCUT2D eigenvalue weighted by molar-refractivity contribution is -0.172. The second-order valence-electron chi connectivity index (χ2n) is 9.74. The number of carbonyl (C=O) groups is 2. The Balaban J connectivity index is 1.62. The third kappa shape index (κ3) is 2.94. The highest BCUT2D eigenvalue weighted by atomic mass is 19.1. The van der Waals surface area contributed by atoms with E-state index < -0.39 is 35.5 Å². The molecule has 0 saturated heterocycles. The number of fused-ring (bicyclic) bond motifs is 5. The Labute approximate surface area is 204 Å². The number of nitrogens with zero attached hydrogens (tertiary/aromatic N) is 2. The minimum absolute atomic E-state index is 0.0222. The van der Waals surface area contributed by atoms with E-state index in [1.165, 1.54) is 4.57 Å². The summed E-state index contributed by atoms with van der Waals surface area (Å²) in [6.07, 6.45) is 0.862. The van der Waals surface area contributed by atoms with Crippen LogP contribution in [0.5, 0.6) is 0 Å². The molecule has 186 valence electrons. The molecule has 10 heteroatoms. The van der Waals surface area contributed by atoms with Gasteiger partial charge in [-0.3, -0.25) is 9.59 Å². The van der Waals surface area contributed by atoms with Crippen molar-refractivity contribution in [1.29, 1.82) is 0 Å². The first kappa shape index (κ1) is 22.8. The molecule has 0 fully saturated rings. The van der Waals surface area contributed by atoms with Gasteiger partial charge in [0.25, 0.3) is 5.56 Å². The van der Waals surface area contributed by atoms with Crippen LogP contribution in [0.4, 0.5) is 4.39 Å². The number of aromatic nitrogens is 2. The Morgan fingerprint density at radius 1 is 1.28 bits per heavy atom. The van der Waals surface area contributed by atoms with Crippen molar-refractivity contribution >= 4 is 22.8 Å². The molecule has 0 unspecified atom stereocenters. The van der Waals surface area contributed by atoms with Gasteiger partial charge in [-0.2, -0.15) is 0 Å². The molecule has 3 N–H and O–H groups in total. The Bertz CT molecular complexity index is 1580. The van der Waals surface area contributed by atoms with Crippen LogP contribution in [0.1, 0.15) is 46.7 Å². The summed E-state index contributed by atoms with van der Waals surface area (Å²) in [7, 11) is 0. The number of esters is 1. The molecular formula is C26H24FN3O6. The van der Waals surface area contributed by atoms with E-state index >= 15 is 4.39 Å². The summed E-state index contributed by atoms with van der Waals surface area (Å²) >= 11 is 0. The Hall–Kier alpha value is -3.63. The number of carbonyl (C=O) groups excluding carboxylic acids is 2. The fraction of sp³-hybridized carbons (Fsp3) is 0.385. The van der Waals surface area contributed by atoms with Crippen LogP contribution in [0.2, 0.25) is 0 Å². The number of aliphatic hydroxyl groups excluding tert-OH is 1. The topological polar surface area (TPSA) is 131 Å². The fourth-order valence-corrected chi connectivity index (χ4v) is 5.90. The van der Waals surface area contributed by atoms with E-state index in [4.69, 9.17) is 4.74 Å². The lowest BCUT2D eigenvalue weighted by Gasteiger charge is -2.31. The van der Waals surface area contributed by atoms with Crippen LogP contribution in [0.25, 0.3) is 22.3 Å². The predicted molar refractivity (Wildman–Crippen MR) is 126 cm³/mol. The molecular weight excluding hydrogens is 469 g/mol. The zero-order valence-corrected chi connectivity index (χ0v) is 19.8. The van der Waals surface area contributed by atoms with E-state index in [0.717, 1.165) is 16.7 Å². The number of cyclic esters (lactones) is 1. The molecule has 2 aromatic heterocycles. The molecule has 0 bridgehead atoms. The molecule has 0 radical (unpaired) electrons. The molecule has 4 heterocycles. The van der Waals surface area contributed by atoms with E-state index in [-0.39, 0.29) is 42.3 Å². The van der Waals surface area contributed by atoms with Crippen LogP contribution in [-0.4, -0.2) is 44.3 Å². The second-order valence-corrected chi connectivity index (χ2v) is 9.74. The number of aryl methyl sites for hydroxylation is 1. The molecule has 1 aromatic carbocycles. The number of amides is 1. The maximum absolute atomic E-state index is 15.4. The normalized spacial score (nSPS) is 21.6. The zero-order chi connectivity index (χ0) is 25.5. The van der Waals surface area contributed by atoms with E-state index in [1.54, 1.807) is 26.0 Å². The molecule has 6 rings (SSSR count). The van der Waals surface area contributed by atoms with Crippen LogP contribution in [0.3, 0.4) is 0 Å². The smallest absolute Gasteiger partial charge is 0.343 e. The van der Waals surface area contributed by atoms with Gasteiger partial charge >= 0.3 is 5.97 Å². The van der Waals surface area contributed by atoms with E-state index in [9.17, 15) is 24.6 Å². The quantitative estimate of drug-likeness (QED) is 0.365. The van der Waals surface area contributed by atoms with Crippen molar-refractivity contribution in [1.82, 2.24) is 14.9 Å². The van der Waals surface area contributed by atoms with Gasteiger partial charge in [0.15, 0.2) is 11.4 Å². The highest BCUT2D eigenvalue weighted by molar-refractivity contribution is 5.93. The zero-order valence-electron chi connectivity index (χ0n) is 19.8. The summed E-state index contributed by atoms with van der Waals surface area (Å²) in [4.78, 5) is 42.5. The first-order valence-electron chi connectivity index (χ1n) is 11.9. The standard InChI is InChI=1S/C26H24FN3O6/c1-3-26(35)17-7-18-22-15(8-30(18)24(33)16(17)10-36-25(26)34)14-6-13(28-19(32)9-31)5-12-4-11(2)21(27)23(29-22)20(12)14/h4,7,13,31,35H,3,5-6,8-10H2,1-2H3,(H,28,32)/t13-,26-/m0/s1. The Kier molecular flexibility index (Phi) is 4.87. The van der Waals surface area contributed by atoms with Crippen LogP contribution < -0.4 is 10.9 Å². The average Bonchev–Trinajstić information content (AvgIpc) is 3.24. The van der Waals surface area contributed by atoms with Crippen molar-refractivity contribution in [2.45, 2.75) is 57.9 Å². The predicted octanol–water partition coefficient (Wildman–Crippen LogP) is 1.10. The fourth-order valence-electron chi connectivity index (χ4n) is 5.90. The summed E-state index contributed by atoms with van der Waals surface area (Å²) in [5.74, 6) is -1.77. The third-order valence-electron chi connectivity index (χ3n) is 7.71. The number of aliphatic hydroxyl groups is 2. The van der Waals surface area contributed by atoms with Crippen molar-refractivity contribution in [2.75, 3.05) is 6.61 Å². The van der Waals surface area contributed by atoms with Crippen LogP contribution >= 0.6 is 0 Å². The van der Waals surface area contributed by atoms with E-state index in [1.807, 2.05) is 0 Å². The van der Waals surface area contributed by atoms with Crippen molar-refractivity contribution in [3.8, 4) is 11.4 Å². The van der Waals surface area contributed by atoms with Crippen molar-refractivity contribution in [3.05, 3.63) is 61.7 Å². The number of hydrogen-bond acceptors (Lipinski definition) is 7. The highest BCUT2D eigenvalue weighted by Gasteiger charge is 2.45. The lowest BCUT2D eigenvalue weighted by atomic mass is 9.83. The average molecular weight is 493 g/mol. The molecule has 3 aromatic rings. The van der Waals surface area contributed by atoms with Gasteiger partial charge in [-0.1, -0.05) is 13.0 Å². The molecule has 2 aliphatic heterocycles. The van der Waals surface area contributed by atoms with Gasteiger partial charge in [0.1, 0.15) is 18.7 Å². The number of rotatable bonds is 3. The number of pyridine rings is 2. The number of hydrogen-bond donors (Lipinski definition) is 3. The molecule has 2 atom stereocenters. The largest absolute Gasteiger partial charge is 0.458 e. The summed E-state index contributed by atoms with van der Waals surface area (Å²) in [5.41, 5.74) is 1.84. The van der Waals surface area contributed by atoms with Gasteiger partial charge in [-0.15, -0.1) is 0 Å². The second kappa shape index (κ2) is 7.68. The van der Waals surface area contributed by atoms with Gasteiger partial charge in [-0.25, -0.2) is 14.2 Å². The molecule has 9 nitrogen and oxygen atoms in total. The maximum atomic E-state index is 15.4. The van der Waals surface area contributed by atoms with E-state index in [2.05, 4.69) is 10.3 Å². The Morgan fingerprint density at radius 3 is 2.78 bits per heavy atom. The lowest BCUT2D eigenvalue weighted by Crippen LogP contribution is -2.44. The van der Waals surface area contributed by atoms with Gasteiger partial charge < -0.3 is 24.8 Å². The Morgan fingerprint density at radius 2 is 2.06 bits per heavy atom. The molecule has 3 aliphatic rings. The monoisotopic (exact) mass is 493 g/mol. The maximum Gasteiger partial charge on any atom is 0.343 e. The molecule has 36 heavy (non-hydrogen) atoms. The van der Waals surface area contributed by atoms with Gasteiger partial charge in [0.2, 0.25) is 5.91 Å². The SMILES string of the molecule is CC[C@@]1(O)C(=O)OCc2c1cc1n(c2=O)Cc2c-1nc1c(F)c(C)cc3c1c2C[C@@H](NC(=O)CO)C3. The first-order chi connectivity index (χ1) is 17.2. The van der Waals surface area contributed by atoms with Crippen molar-refractivity contribution in [2.24, 2.45) is 0 Å². The van der Waals surface area contributed by atoms with Crippen LogP contribution in [0.15, 0.2) is 16.9 Å². The summed E-state index contributed by atoms with van der Waals surface area (Å²) < 4.78 is 22.0. The molecule has 1 amide bonds. The summed E-state index contributed by atoms with van der Waals surface area (Å²) in [6, 6.07) is 3.03. The summed E-state index contributed by atoms with van der Waals surface area (Å²) in [6.45, 7) is 2.59. The van der Waals surface area contributed by atoms with E-state index in [0.29, 0.717) is 35.2 Å². The van der Waals surface area contributed by atoms with Gasteiger partial charge in [-0.05, 0) is 48.9 Å². The number of halogens is 1. The summed E-state index contributed by atoms with van der Waals surface area (Å²) in [5, 5.41) is 23.8. The molecule has 0 saturated carbocycles. The van der Waals surface area contributed by atoms with Crippen molar-refractivity contribution in [3.63, 3.8) is 0 Å². The van der Waals surface area contributed by atoms with Crippen molar-refractivity contribution < 1.29 is 28.9 Å².